The van der Waals surface area contributed by atoms with Gasteiger partial charge in [0.15, 0.2) is 5.78 Å². The first-order valence-corrected chi connectivity index (χ1v) is 19.4. The second-order valence-electron chi connectivity index (χ2n) is 15.4. The molecule has 0 spiro atoms. The summed E-state index contributed by atoms with van der Waals surface area (Å²) < 4.78 is 1.24. The standard InChI is InChI=1S/C33H34NS.C13H24O2.Ir/c1-20(2)28-17-26(16-24-10-8-9-11-27(24)28)31-32-25(12-13-34-31)18-29(35-32)30-21(3)14-23(15-22(30)4)19-33(5,6)7;1-5-10(6-2)12(14)9-13(15)11(7-3)8-4;/h8-15,17-18,20H,19H2,1-7H3;9-11,14H,5-8H2,1-4H3;/q-1;;/b;12-9-;. The van der Waals surface area contributed by atoms with E-state index in [0.717, 1.165) is 48.7 Å². The number of carbonyl (C=O) groups is 1. The van der Waals surface area contributed by atoms with E-state index in [1.165, 1.54) is 54.2 Å². The van der Waals surface area contributed by atoms with Crippen LogP contribution < -0.4 is 0 Å². The van der Waals surface area contributed by atoms with Gasteiger partial charge in [0.25, 0.3) is 0 Å². The van der Waals surface area contributed by atoms with Crippen LogP contribution in [0.2, 0.25) is 0 Å². The van der Waals surface area contributed by atoms with Crippen molar-refractivity contribution in [3.63, 3.8) is 0 Å². The quantitative estimate of drug-likeness (QED) is 0.0817. The second kappa shape index (κ2) is 18.6. The Morgan fingerprint density at radius 1 is 0.902 bits per heavy atom. The van der Waals surface area contributed by atoms with Crippen molar-refractivity contribution in [3.8, 4) is 21.7 Å². The van der Waals surface area contributed by atoms with Gasteiger partial charge >= 0.3 is 0 Å². The fraction of sp³-hybridized carbons (Fsp3) is 0.435. The third-order valence-corrected chi connectivity index (χ3v) is 10.9. The van der Waals surface area contributed by atoms with Crippen LogP contribution in [0.25, 0.3) is 42.6 Å². The molecular weight excluding hydrogens is 823 g/mol. The van der Waals surface area contributed by atoms with Crippen molar-refractivity contribution < 1.29 is 30.0 Å². The van der Waals surface area contributed by atoms with Crippen LogP contribution in [-0.4, -0.2) is 15.9 Å². The molecular formula is C46H58IrNO2S-. The minimum atomic E-state index is 0. The number of carbonyl (C=O) groups excluding carboxylic acids is 1. The Kier molecular flexibility index (Phi) is 15.4. The first-order chi connectivity index (χ1) is 23.7. The molecule has 1 N–H and O–H groups in total. The smallest absolute Gasteiger partial charge is 0.162 e. The van der Waals surface area contributed by atoms with Crippen LogP contribution in [0.5, 0.6) is 0 Å². The summed E-state index contributed by atoms with van der Waals surface area (Å²) in [5.41, 5.74) is 9.24. The SMILES string of the molecule is CCC(CC)C(=O)/C=C(\O)C(CC)CC.Cc1cc(CC(C)(C)C)cc(C)c1-c1cc2ccnc(-c3[c-]c4ccccc4c(C(C)C)c3)c2s1.[Ir]. The molecule has 0 bridgehead atoms. The van der Waals surface area contributed by atoms with E-state index in [4.69, 9.17) is 4.98 Å². The van der Waals surface area contributed by atoms with Gasteiger partial charge in [-0.15, -0.1) is 40.5 Å². The Hall–Kier alpha value is -3.11. The van der Waals surface area contributed by atoms with Gasteiger partial charge in [-0.2, -0.15) is 0 Å². The maximum Gasteiger partial charge on any atom is 0.162 e. The molecule has 0 atom stereocenters. The molecule has 0 unspecified atom stereocenters. The number of ketones is 1. The first kappa shape index (κ1) is 42.3. The van der Waals surface area contributed by atoms with Crippen LogP contribution >= 0.6 is 11.3 Å². The first-order valence-electron chi connectivity index (χ1n) is 18.6. The summed E-state index contributed by atoms with van der Waals surface area (Å²) in [5, 5.41) is 13.5. The number of fused-ring (bicyclic) bond motifs is 2. The number of allylic oxidation sites excluding steroid dienone is 2. The van der Waals surface area contributed by atoms with Crippen molar-refractivity contribution in [3.05, 3.63) is 101 Å². The van der Waals surface area contributed by atoms with Crippen molar-refractivity contribution in [2.75, 3.05) is 0 Å². The molecule has 51 heavy (non-hydrogen) atoms. The van der Waals surface area contributed by atoms with Gasteiger partial charge in [0.05, 0.1) is 5.76 Å². The van der Waals surface area contributed by atoms with Crippen molar-refractivity contribution >= 4 is 38.0 Å². The summed E-state index contributed by atoms with van der Waals surface area (Å²) in [6, 6.07) is 23.8. The molecule has 0 saturated heterocycles. The number of hydrogen-bond donors (Lipinski definition) is 1. The third kappa shape index (κ3) is 10.5. The van der Waals surface area contributed by atoms with Gasteiger partial charge in [-0.1, -0.05) is 104 Å². The van der Waals surface area contributed by atoms with E-state index in [1.807, 2.05) is 45.2 Å². The van der Waals surface area contributed by atoms with Crippen LogP contribution in [0.3, 0.4) is 0 Å². The summed E-state index contributed by atoms with van der Waals surface area (Å²) >= 11 is 1.86. The fourth-order valence-electron chi connectivity index (χ4n) is 7.08. The molecule has 0 saturated carbocycles. The van der Waals surface area contributed by atoms with Crippen molar-refractivity contribution in [1.29, 1.82) is 0 Å². The average molecular weight is 881 g/mol. The normalized spacial score (nSPS) is 12.1. The van der Waals surface area contributed by atoms with E-state index in [1.54, 1.807) is 0 Å². The number of aliphatic hydroxyl groups is 1. The maximum atomic E-state index is 11.7. The van der Waals surface area contributed by atoms with Crippen LogP contribution in [0.1, 0.15) is 116 Å². The number of rotatable bonds is 11. The molecule has 2 aromatic heterocycles. The monoisotopic (exact) mass is 881 g/mol. The summed E-state index contributed by atoms with van der Waals surface area (Å²) in [7, 11) is 0. The number of benzene rings is 3. The van der Waals surface area contributed by atoms with Crippen LogP contribution in [0.4, 0.5) is 0 Å². The predicted molar refractivity (Wildman–Crippen MR) is 217 cm³/mol. The fourth-order valence-corrected chi connectivity index (χ4v) is 8.41. The number of nitrogens with zero attached hydrogens (tertiary/aromatic N) is 1. The number of aromatic nitrogens is 1. The summed E-state index contributed by atoms with van der Waals surface area (Å²) in [6.07, 6.45) is 7.94. The van der Waals surface area contributed by atoms with Gasteiger partial charge < -0.3 is 5.11 Å². The van der Waals surface area contributed by atoms with Crippen LogP contribution in [0, 0.1) is 37.2 Å². The zero-order valence-electron chi connectivity index (χ0n) is 32.7. The molecule has 1 radical (unpaired) electrons. The van der Waals surface area contributed by atoms with E-state index in [9.17, 15) is 9.90 Å². The van der Waals surface area contributed by atoms with Gasteiger partial charge in [0, 0.05) is 59.5 Å². The molecule has 3 nitrogen and oxygen atoms in total. The van der Waals surface area contributed by atoms with Crippen LogP contribution in [-0.2, 0) is 31.3 Å². The van der Waals surface area contributed by atoms with E-state index in [2.05, 4.69) is 109 Å². The Morgan fingerprint density at radius 3 is 2.08 bits per heavy atom. The van der Waals surface area contributed by atoms with Gasteiger partial charge in [-0.25, -0.2) is 0 Å². The van der Waals surface area contributed by atoms with Gasteiger partial charge in [-0.3, -0.25) is 9.78 Å². The Labute approximate surface area is 325 Å². The van der Waals surface area contributed by atoms with Crippen molar-refractivity contribution in [2.45, 2.75) is 114 Å². The van der Waals surface area contributed by atoms with E-state index < -0.39 is 0 Å². The molecule has 5 rings (SSSR count). The number of aryl methyl sites for hydroxylation is 2. The average Bonchev–Trinajstić information content (AvgIpc) is 3.48. The Balaban J connectivity index is 0.000000374. The largest absolute Gasteiger partial charge is 0.512 e. The topological polar surface area (TPSA) is 50.2 Å². The zero-order chi connectivity index (χ0) is 36.7. The molecule has 275 valence electrons. The molecule has 3 aromatic carbocycles. The van der Waals surface area contributed by atoms with Crippen molar-refractivity contribution in [2.24, 2.45) is 17.3 Å². The van der Waals surface area contributed by atoms with Gasteiger partial charge in [0.1, 0.15) is 0 Å². The minimum absolute atomic E-state index is 0. The third-order valence-electron chi connectivity index (χ3n) is 9.77. The summed E-state index contributed by atoms with van der Waals surface area (Å²) in [5.74, 6) is 0.981. The summed E-state index contributed by atoms with van der Waals surface area (Å²) in [6.45, 7) is 24.0. The molecule has 0 aliphatic carbocycles. The molecule has 5 heteroatoms. The molecule has 0 aliphatic rings. The van der Waals surface area contributed by atoms with Gasteiger partial charge in [0.2, 0.25) is 0 Å². The zero-order valence-corrected chi connectivity index (χ0v) is 35.9. The molecule has 0 amide bonds. The molecule has 0 fully saturated rings. The number of hydrogen-bond acceptors (Lipinski definition) is 4. The van der Waals surface area contributed by atoms with Gasteiger partial charge in [-0.05, 0) is 97.1 Å². The minimum Gasteiger partial charge on any atom is -0.512 e. The Bertz CT molecular complexity index is 1930. The molecule has 0 aliphatic heterocycles. The second-order valence-corrected chi connectivity index (χ2v) is 16.4. The van der Waals surface area contributed by atoms with Crippen molar-refractivity contribution in [1.82, 2.24) is 4.98 Å². The number of pyridine rings is 1. The molecule has 2 heterocycles. The van der Waals surface area contributed by atoms with E-state index in [0.29, 0.717) is 5.92 Å². The number of thiophene rings is 1. The molecule has 5 aromatic rings. The van der Waals surface area contributed by atoms with Crippen LogP contribution in [0.15, 0.2) is 72.6 Å². The number of aliphatic hydroxyl groups excluding tert-OH is 1. The Morgan fingerprint density at radius 2 is 1.51 bits per heavy atom. The maximum absolute atomic E-state index is 11.7. The predicted octanol–water partition coefficient (Wildman–Crippen LogP) is 13.8. The summed E-state index contributed by atoms with van der Waals surface area (Å²) in [4.78, 5) is 17.9. The van der Waals surface area contributed by atoms with E-state index in [-0.39, 0.29) is 48.9 Å². The van der Waals surface area contributed by atoms with E-state index >= 15 is 0 Å².